The van der Waals surface area contributed by atoms with Gasteiger partial charge in [-0.25, -0.2) is 17.8 Å². The number of hydrogen-bond donors (Lipinski definition) is 0. The number of aromatic nitrogens is 1. The van der Waals surface area contributed by atoms with Gasteiger partial charge in [-0.2, -0.15) is 0 Å². The Labute approximate surface area is 179 Å². The van der Waals surface area contributed by atoms with E-state index in [1.165, 1.54) is 23.2 Å². The summed E-state index contributed by atoms with van der Waals surface area (Å²) in [5.74, 6) is -1.16. The summed E-state index contributed by atoms with van der Waals surface area (Å²) in [5, 5.41) is 0. The number of ether oxygens (including phenoxy) is 1. The van der Waals surface area contributed by atoms with E-state index in [9.17, 15) is 17.6 Å². The van der Waals surface area contributed by atoms with Crippen LogP contribution in [-0.4, -0.2) is 31.7 Å². The van der Waals surface area contributed by atoms with Gasteiger partial charge in [-0.05, 0) is 35.4 Å². The van der Waals surface area contributed by atoms with Gasteiger partial charge in [0.1, 0.15) is 23.1 Å². The molecule has 0 spiro atoms. The summed E-state index contributed by atoms with van der Waals surface area (Å²) in [7, 11) is -3.73. The Morgan fingerprint density at radius 3 is 2.39 bits per heavy atom. The van der Waals surface area contributed by atoms with E-state index in [2.05, 4.69) is 4.98 Å². The van der Waals surface area contributed by atoms with Gasteiger partial charge in [0.2, 0.25) is 5.76 Å². The Morgan fingerprint density at radius 2 is 1.71 bits per heavy atom. The standard InChI is InChI=1S/C23H19FN2O4S/c24-19-11-9-17(10-12-19)16-26(20-8-4-5-13-25-20)23(27)21-22(18-6-2-1-3-7-18)31(28,29)15-14-30-21/h1-13H,14-16H2. The van der Waals surface area contributed by atoms with Crippen molar-refractivity contribution in [2.24, 2.45) is 0 Å². The van der Waals surface area contributed by atoms with Crippen LogP contribution in [-0.2, 0) is 25.9 Å². The SMILES string of the molecule is O=C(C1=C(c2ccccc2)S(=O)(=O)CCO1)N(Cc1ccc(F)cc1)c1ccccn1. The number of hydrogen-bond acceptors (Lipinski definition) is 5. The molecule has 0 fully saturated rings. The molecule has 8 heteroatoms. The molecule has 2 heterocycles. The van der Waals surface area contributed by atoms with Crippen molar-refractivity contribution in [3.05, 3.63) is 102 Å². The lowest BCUT2D eigenvalue weighted by Gasteiger charge is -2.27. The van der Waals surface area contributed by atoms with Gasteiger partial charge in [-0.1, -0.05) is 48.5 Å². The second-order valence-corrected chi connectivity index (χ2v) is 8.94. The first-order valence-corrected chi connectivity index (χ1v) is 11.2. The van der Waals surface area contributed by atoms with Crippen molar-refractivity contribution >= 4 is 26.5 Å². The van der Waals surface area contributed by atoms with Crippen LogP contribution in [0.2, 0.25) is 0 Å². The summed E-state index contributed by atoms with van der Waals surface area (Å²) >= 11 is 0. The van der Waals surface area contributed by atoms with Gasteiger partial charge in [-0.15, -0.1) is 0 Å². The lowest BCUT2D eigenvalue weighted by molar-refractivity contribution is -0.118. The maximum absolute atomic E-state index is 13.6. The number of sulfone groups is 1. The molecule has 0 saturated heterocycles. The lowest BCUT2D eigenvalue weighted by Crippen LogP contribution is -2.36. The van der Waals surface area contributed by atoms with Crippen LogP contribution in [0.5, 0.6) is 0 Å². The van der Waals surface area contributed by atoms with E-state index in [4.69, 9.17) is 4.74 Å². The first-order valence-electron chi connectivity index (χ1n) is 9.58. The largest absolute Gasteiger partial charge is 0.486 e. The van der Waals surface area contributed by atoms with Crippen molar-refractivity contribution < 1.29 is 22.3 Å². The topological polar surface area (TPSA) is 76.6 Å². The van der Waals surface area contributed by atoms with E-state index in [-0.39, 0.29) is 29.6 Å². The quantitative estimate of drug-likeness (QED) is 0.609. The van der Waals surface area contributed by atoms with Crippen molar-refractivity contribution in [1.82, 2.24) is 4.98 Å². The third-order valence-corrected chi connectivity index (χ3v) is 6.52. The lowest BCUT2D eigenvalue weighted by atomic mass is 10.1. The second-order valence-electron chi connectivity index (χ2n) is 6.90. The molecule has 0 aliphatic carbocycles. The average Bonchev–Trinajstić information content (AvgIpc) is 2.78. The molecule has 1 aliphatic rings. The molecular formula is C23H19FN2O4S. The fraction of sp³-hybridized carbons (Fsp3) is 0.130. The Balaban J connectivity index is 1.83. The zero-order chi connectivity index (χ0) is 21.8. The predicted octanol–water partition coefficient (Wildman–Crippen LogP) is 3.57. The van der Waals surface area contributed by atoms with Gasteiger partial charge in [0.25, 0.3) is 5.91 Å². The molecule has 31 heavy (non-hydrogen) atoms. The minimum atomic E-state index is -3.73. The number of halogens is 1. The molecule has 0 saturated carbocycles. The Morgan fingerprint density at radius 1 is 1.00 bits per heavy atom. The summed E-state index contributed by atoms with van der Waals surface area (Å²) in [6.07, 6.45) is 1.53. The number of carbonyl (C=O) groups is 1. The highest BCUT2D eigenvalue weighted by molar-refractivity contribution is 8.00. The summed E-state index contributed by atoms with van der Waals surface area (Å²) in [5.41, 5.74) is 1.04. The van der Waals surface area contributed by atoms with E-state index < -0.39 is 21.6 Å². The molecule has 4 rings (SSSR count). The van der Waals surface area contributed by atoms with Crippen LogP contribution in [0.25, 0.3) is 4.91 Å². The maximum atomic E-state index is 13.6. The van der Waals surface area contributed by atoms with Crippen molar-refractivity contribution in [2.75, 3.05) is 17.3 Å². The van der Waals surface area contributed by atoms with Gasteiger partial charge >= 0.3 is 0 Å². The van der Waals surface area contributed by atoms with Crippen LogP contribution >= 0.6 is 0 Å². The van der Waals surface area contributed by atoms with Crippen molar-refractivity contribution in [3.8, 4) is 0 Å². The Hall–Kier alpha value is -3.52. The minimum absolute atomic E-state index is 0.0606. The summed E-state index contributed by atoms with van der Waals surface area (Å²) in [4.78, 5) is 19.0. The van der Waals surface area contributed by atoms with E-state index in [1.54, 1.807) is 60.7 Å². The van der Waals surface area contributed by atoms with Crippen LogP contribution < -0.4 is 4.90 Å². The zero-order valence-electron chi connectivity index (χ0n) is 16.4. The number of nitrogens with zero attached hydrogens (tertiary/aromatic N) is 2. The highest BCUT2D eigenvalue weighted by Gasteiger charge is 2.36. The number of rotatable bonds is 5. The molecule has 0 N–H and O–H groups in total. The smallest absolute Gasteiger partial charge is 0.296 e. The molecule has 6 nitrogen and oxygen atoms in total. The zero-order valence-corrected chi connectivity index (χ0v) is 17.3. The molecule has 1 amide bonds. The Kier molecular flexibility index (Phi) is 5.81. The highest BCUT2D eigenvalue weighted by Crippen LogP contribution is 2.32. The Bertz CT molecular complexity index is 1210. The molecule has 158 valence electrons. The summed E-state index contributed by atoms with van der Waals surface area (Å²) in [6.45, 7) is -0.0581. The first kappa shape index (κ1) is 20.7. The van der Waals surface area contributed by atoms with Gasteiger partial charge in [0.05, 0.1) is 12.3 Å². The van der Waals surface area contributed by atoms with Crippen LogP contribution in [0, 0.1) is 5.82 Å². The van der Waals surface area contributed by atoms with E-state index in [0.717, 1.165) is 0 Å². The van der Waals surface area contributed by atoms with E-state index in [0.29, 0.717) is 16.9 Å². The van der Waals surface area contributed by atoms with Crippen LogP contribution in [0.15, 0.2) is 84.8 Å². The highest BCUT2D eigenvalue weighted by atomic mass is 32.2. The van der Waals surface area contributed by atoms with Crippen molar-refractivity contribution in [1.29, 1.82) is 0 Å². The number of carbonyl (C=O) groups excluding carboxylic acids is 1. The maximum Gasteiger partial charge on any atom is 0.296 e. The van der Waals surface area contributed by atoms with Crippen LogP contribution in [0.1, 0.15) is 11.1 Å². The second kappa shape index (κ2) is 8.69. The van der Waals surface area contributed by atoms with Gasteiger partial charge in [-0.3, -0.25) is 9.69 Å². The number of pyridine rings is 1. The third-order valence-electron chi connectivity index (χ3n) is 4.77. The average molecular weight is 438 g/mol. The molecule has 1 aromatic heterocycles. The van der Waals surface area contributed by atoms with Crippen LogP contribution in [0.3, 0.4) is 0 Å². The van der Waals surface area contributed by atoms with Gasteiger partial charge in [0.15, 0.2) is 9.84 Å². The van der Waals surface area contributed by atoms with Gasteiger partial charge < -0.3 is 4.74 Å². The number of amides is 1. The minimum Gasteiger partial charge on any atom is -0.486 e. The van der Waals surface area contributed by atoms with Crippen molar-refractivity contribution in [2.45, 2.75) is 6.54 Å². The predicted molar refractivity (Wildman–Crippen MR) is 115 cm³/mol. The van der Waals surface area contributed by atoms with Crippen molar-refractivity contribution in [3.63, 3.8) is 0 Å². The van der Waals surface area contributed by atoms with E-state index in [1.807, 2.05) is 0 Å². The molecule has 2 aromatic carbocycles. The number of anilines is 1. The molecule has 0 bridgehead atoms. The molecule has 1 aliphatic heterocycles. The normalized spacial score (nSPS) is 15.3. The monoisotopic (exact) mass is 438 g/mol. The fourth-order valence-corrected chi connectivity index (χ4v) is 4.72. The molecule has 0 radical (unpaired) electrons. The first-order chi connectivity index (χ1) is 15.0. The van der Waals surface area contributed by atoms with Gasteiger partial charge in [0, 0.05) is 6.20 Å². The summed E-state index contributed by atoms with van der Waals surface area (Å²) < 4.78 is 44.7. The van der Waals surface area contributed by atoms with E-state index >= 15 is 0 Å². The molecule has 0 atom stereocenters. The summed E-state index contributed by atoms with van der Waals surface area (Å²) in [6, 6.07) is 19.2. The fourth-order valence-electron chi connectivity index (χ4n) is 3.29. The third kappa shape index (κ3) is 4.49. The molecular weight excluding hydrogens is 419 g/mol. The molecule has 0 unspecified atom stereocenters. The number of benzene rings is 2. The molecule has 3 aromatic rings. The van der Waals surface area contributed by atoms with Crippen LogP contribution in [0.4, 0.5) is 10.2 Å².